The molecule has 0 radical (unpaired) electrons. The molecule has 0 aliphatic heterocycles. The van der Waals surface area contributed by atoms with Gasteiger partial charge in [-0.25, -0.2) is 8.78 Å². The quantitative estimate of drug-likeness (QED) is 0.534. The van der Waals surface area contributed by atoms with Gasteiger partial charge in [0.05, 0.1) is 16.6 Å². The maximum absolute atomic E-state index is 13.6. The highest BCUT2D eigenvalue weighted by molar-refractivity contribution is 5.62. The van der Waals surface area contributed by atoms with Crippen molar-refractivity contribution in [2.24, 2.45) is 0 Å². The van der Waals surface area contributed by atoms with Gasteiger partial charge in [0.1, 0.15) is 17.3 Å². The van der Waals surface area contributed by atoms with Crippen LogP contribution in [-0.2, 0) is 6.54 Å². The van der Waals surface area contributed by atoms with Crippen LogP contribution in [-0.4, -0.2) is 23.6 Å². The van der Waals surface area contributed by atoms with Crippen molar-refractivity contribution in [1.29, 1.82) is 0 Å². The lowest BCUT2D eigenvalue weighted by Gasteiger charge is -2.14. The van der Waals surface area contributed by atoms with E-state index in [2.05, 4.69) is 10.6 Å². The Morgan fingerprint density at radius 3 is 2.50 bits per heavy atom. The minimum absolute atomic E-state index is 0.0718. The van der Waals surface area contributed by atoms with E-state index in [1.807, 2.05) is 0 Å². The third-order valence-electron chi connectivity index (χ3n) is 3.53. The van der Waals surface area contributed by atoms with Gasteiger partial charge in [-0.15, -0.1) is 0 Å². The Morgan fingerprint density at radius 2 is 1.92 bits per heavy atom. The van der Waals surface area contributed by atoms with Gasteiger partial charge >= 0.3 is 0 Å². The first-order chi connectivity index (χ1) is 11.4. The number of nitro groups is 1. The first-order valence-corrected chi connectivity index (χ1v) is 7.21. The van der Waals surface area contributed by atoms with Gasteiger partial charge in [0.2, 0.25) is 0 Å². The van der Waals surface area contributed by atoms with Gasteiger partial charge in [0.25, 0.3) is 5.69 Å². The van der Waals surface area contributed by atoms with Crippen molar-refractivity contribution in [3.05, 3.63) is 69.3 Å². The smallest absolute Gasteiger partial charge is 0.292 e. The molecule has 0 heterocycles. The number of halogens is 2. The topological polar surface area (TPSA) is 87.4 Å². The van der Waals surface area contributed by atoms with Crippen LogP contribution in [0.3, 0.4) is 0 Å². The van der Waals surface area contributed by atoms with Gasteiger partial charge in [0, 0.05) is 26.2 Å². The number of aliphatic hydroxyl groups excluding tert-OH is 1. The molecule has 8 heteroatoms. The van der Waals surface area contributed by atoms with Gasteiger partial charge < -0.3 is 15.7 Å². The second-order valence-electron chi connectivity index (χ2n) is 5.14. The summed E-state index contributed by atoms with van der Waals surface area (Å²) in [6.45, 7) is 0.109. The van der Waals surface area contributed by atoms with Gasteiger partial charge in [-0.05, 0) is 23.8 Å². The maximum atomic E-state index is 13.6. The number of hydrogen-bond acceptors (Lipinski definition) is 5. The lowest BCUT2D eigenvalue weighted by Crippen LogP contribution is -2.22. The standard InChI is InChI=1S/C16H17F2N3O3/c1-19-13-6-5-10(7-14(13)21(23)24)8-20-9-15(22)16-11(17)3-2-4-12(16)18/h2-7,15,19-20,22H,8-9H2,1H3. The van der Waals surface area contributed by atoms with E-state index >= 15 is 0 Å². The summed E-state index contributed by atoms with van der Waals surface area (Å²) in [5.74, 6) is -1.64. The zero-order valence-corrected chi connectivity index (χ0v) is 12.9. The zero-order valence-electron chi connectivity index (χ0n) is 12.9. The number of nitrogens with one attached hydrogen (secondary N) is 2. The van der Waals surface area contributed by atoms with Crippen molar-refractivity contribution in [2.45, 2.75) is 12.6 Å². The molecule has 0 aromatic heterocycles. The van der Waals surface area contributed by atoms with Crippen LogP contribution < -0.4 is 10.6 Å². The molecule has 0 spiro atoms. The Hall–Kier alpha value is -2.58. The van der Waals surface area contributed by atoms with Crippen LogP contribution in [0.25, 0.3) is 0 Å². The number of anilines is 1. The number of benzene rings is 2. The molecule has 0 amide bonds. The highest BCUT2D eigenvalue weighted by Crippen LogP contribution is 2.25. The third-order valence-corrected chi connectivity index (χ3v) is 3.53. The lowest BCUT2D eigenvalue weighted by atomic mass is 10.1. The lowest BCUT2D eigenvalue weighted by molar-refractivity contribution is -0.384. The minimum Gasteiger partial charge on any atom is -0.387 e. The molecule has 128 valence electrons. The predicted octanol–water partition coefficient (Wildman–Crippen LogP) is 2.74. The molecule has 0 fully saturated rings. The Balaban J connectivity index is 2.02. The molecular formula is C16H17F2N3O3. The summed E-state index contributed by atoms with van der Waals surface area (Å²) in [5, 5.41) is 26.5. The Labute approximate surface area is 137 Å². The van der Waals surface area contributed by atoms with Crippen LogP contribution in [0.1, 0.15) is 17.2 Å². The van der Waals surface area contributed by atoms with Crippen molar-refractivity contribution < 1.29 is 18.8 Å². The molecule has 0 saturated carbocycles. The van der Waals surface area contributed by atoms with E-state index < -0.39 is 28.2 Å². The summed E-state index contributed by atoms with van der Waals surface area (Å²) < 4.78 is 27.1. The van der Waals surface area contributed by atoms with Crippen LogP contribution in [0.4, 0.5) is 20.2 Å². The van der Waals surface area contributed by atoms with Crippen LogP contribution in [0.15, 0.2) is 36.4 Å². The first kappa shape index (κ1) is 17.8. The highest BCUT2D eigenvalue weighted by atomic mass is 19.1. The Bertz CT molecular complexity index is 720. The maximum Gasteiger partial charge on any atom is 0.292 e. The summed E-state index contributed by atoms with van der Waals surface area (Å²) in [4.78, 5) is 10.5. The minimum atomic E-state index is -1.36. The summed E-state index contributed by atoms with van der Waals surface area (Å²) in [6.07, 6.45) is -1.36. The van der Waals surface area contributed by atoms with Crippen LogP contribution in [0, 0.1) is 21.7 Å². The largest absolute Gasteiger partial charge is 0.387 e. The highest BCUT2D eigenvalue weighted by Gasteiger charge is 2.18. The summed E-state index contributed by atoms with van der Waals surface area (Å²) >= 11 is 0. The van der Waals surface area contributed by atoms with Crippen LogP contribution >= 0.6 is 0 Å². The summed E-state index contributed by atoms with van der Waals surface area (Å²) in [5.41, 5.74) is 0.526. The van der Waals surface area contributed by atoms with E-state index in [9.17, 15) is 24.0 Å². The van der Waals surface area contributed by atoms with Gasteiger partial charge in [-0.2, -0.15) is 0 Å². The van der Waals surface area contributed by atoms with E-state index in [1.165, 1.54) is 12.1 Å². The predicted molar refractivity (Wildman–Crippen MR) is 85.7 cm³/mol. The fourth-order valence-electron chi connectivity index (χ4n) is 2.33. The molecule has 6 nitrogen and oxygen atoms in total. The first-order valence-electron chi connectivity index (χ1n) is 7.21. The molecule has 0 saturated heterocycles. The number of hydrogen-bond donors (Lipinski definition) is 3. The zero-order chi connectivity index (χ0) is 17.7. The van der Waals surface area contributed by atoms with Crippen LogP contribution in [0.2, 0.25) is 0 Å². The number of nitrogens with zero attached hydrogens (tertiary/aromatic N) is 1. The molecule has 2 aromatic rings. The normalized spacial score (nSPS) is 12.0. The number of rotatable bonds is 7. The molecule has 2 aromatic carbocycles. The summed E-state index contributed by atoms with van der Waals surface area (Å²) in [7, 11) is 1.58. The molecule has 3 N–H and O–H groups in total. The van der Waals surface area contributed by atoms with Crippen molar-refractivity contribution in [2.75, 3.05) is 18.9 Å². The summed E-state index contributed by atoms with van der Waals surface area (Å²) in [6, 6.07) is 8.01. The molecule has 24 heavy (non-hydrogen) atoms. The third kappa shape index (κ3) is 4.03. The van der Waals surface area contributed by atoms with Crippen LogP contribution in [0.5, 0.6) is 0 Å². The average molecular weight is 337 g/mol. The fourth-order valence-corrected chi connectivity index (χ4v) is 2.33. The fraction of sp³-hybridized carbons (Fsp3) is 0.250. The van der Waals surface area contributed by atoms with E-state index in [-0.39, 0.29) is 18.8 Å². The molecule has 0 aliphatic rings. The van der Waals surface area contributed by atoms with E-state index in [4.69, 9.17) is 0 Å². The van der Waals surface area contributed by atoms with Crippen molar-refractivity contribution in [3.63, 3.8) is 0 Å². The Kier molecular flexibility index (Phi) is 5.78. The van der Waals surface area contributed by atoms with Crippen molar-refractivity contribution >= 4 is 11.4 Å². The van der Waals surface area contributed by atoms with E-state index in [0.717, 1.165) is 12.1 Å². The molecule has 1 atom stereocenters. The molecule has 0 aliphatic carbocycles. The van der Waals surface area contributed by atoms with Gasteiger partial charge in [-0.3, -0.25) is 10.1 Å². The monoisotopic (exact) mass is 337 g/mol. The van der Waals surface area contributed by atoms with E-state index in [1.54, 1.807) is 19.2 Å². The number of nitro benzene ring substituents is 1. The van der Waals surface area contributed by atoms with Crippen molar-refractivity contribution in [3.8, 4) is 0 Å². The van der Waals surface area contributed by atoms with Gasteiger partial charge in [0.15, 0.2) is 0 Å². The van der Waals surface area contributed by atoms with Gasteiger partial charge in [-0.1, -0.05) is 12.1 Å². The van der Waals surface area contributed by atoms with E-state index in [0.29, 0.717) is 11.3 Å². The SMILES string of the molecule is CNc1ccc(CNCC(O)c2c(F)cccc2F)cc1[N+](=O)[O-]. The second kappa shape index (κ2) is 7.80. The molecule has 1 unspecified atom stereocenters. The van der Waals surface area contributed by atoms with Crippen molar-refractivity contribution in [1.82, 2.24) is 5.32 Å². The number of aliphatic hydroxyl groups is 1. The average Bonchev–Trinajstić information content (AvgIpc) is 2.54. The molecule has 2 rings (SSSR count). The molecular weight excluding hydrogens is 320 g/mol. The Morgan fingerprint density at radius 1 is 1.25 bits per heavy atom. The molecule has 0 bridgehead atoms. The second-order valence-corrected chi connectivity index (χ2v) is 5.14.